The van der Waals surface area contributed by atoms with Crippen LogP contribution in [0, 0.1) is 6.92 Å². The summed E-state index contributed by atoms with van der Waals surface area (Å²) in [6.07, 6.45) is 4.58. The molecule has 2 aromatic heterocycles. The topological polar surface area (TPSA) is 48.4 Å². The molecule has 0 aliphatic heterocycles. The largest absolute Gasteiger partial charge is 0.460 e. The first-order chi connectivity index (χ1) is 13.2. The van der Waals surface area contributed by atoms with Gasteiger partial charge in [0.25, 0.3) is 0 Å². The number of nitrogens with zero attached hydrogens (tertiary/aromatic N) is 1. The smallest absolute Gasteiger partial charge is 0.340 e. The highest BCUT2D eigenvalue weighted by atomic mass is 32.1. The minimum Gasteiger partial charge on any atom is -0.460 e. The number of fused-ring (bicyclic) bond motifs is 3. The molecule has 0 atom stereocenters. The van der Waals surface area contributed by atoms with Gasteiger partial charge in [0, 0.05) is 22.9 Å². The number of rotatable bonds is 5. The molecule has 0 spiro atoms. The van der Waals surface area contributed by atoms with Crippen LogP contribution < -0.4 is 0 Å². The molecule has 1 aliphatic rings. The highest BCUT2D eigenvalue weighted by Gasteiger charge is 2.26. The first-order valence-corrected chi connectivity index (χ1v) is 10.2. The van der Waals surface area contributed by atoms with E-state index in [1.165, 1.54) is 23.3 Å². The predicted molar refractivity (Wildman–Crippen MR) is 109 cm³/mol. The van der Waals surface area contributed by atoms with Crippen molar-refractivity contribution in [1.29, 1.82) is 0 Å². The molecule has 3 aromatic rings. The van der Waals surface area contributed by atoms with Crippen molar-refractivity contribution in [3.8, 4) is 11.1 Å². The molecule has 4 nitrogen and oxygen atoms in total. The number of hydrogen-bond acceptors (Lipinski definition) is 5. The number of aryl methyl sites for hydroxylation is 3. The molecule has 27 heavy (non-hydrogen) atoms. The zero-order valence-corrected chi connectivity index (χ0v) is 16.5. The van der Waals surface area contributed by atoms with Gasteiger partial charge in [-0.3, -0.25) is 0 Å². The molecule has 0 saturated heterocycles. The second-order valence-corrected chi connectivity index (χ2v) is 7.92. The Balaban J connectivity index is 1.96. The molecule has 0 fully saturated rings. The highest BCUT2D eigenvalue weighted by molar-refractivity contribution is 7.19. The quantitative estimate of drug-likeness (QED) is 0.463. The Labute approximate surface area is 163 Å². The van der Waals surface area contributed by atoms with Crippen LogP contribution in [0.1, 0.15) is 39.3 Å². The van der Waals surface area contributed by atoms with E-state index < -0.39 is 0 Å². The van der Waals surface area contributed by atoms with Gasteiger partial charge in [0.1, 0.15) is 11.4 Å². The molecule has 1 aliphatic carbocycles. The molecule has 0 saturated carbocycles. The molecular weight excluding hydrogens is 358 g/mol. The van der Waals surface area contributed by atoms with E-state index in [2.05, 4.69) is 12.1 Å². The summed E-state index contributed by atoms with van der Waals surface area (Å²) in [4.78, 5) is 20.2. The maximum atomic E-state index is 13.0. The first-order valence-electron chi connectivity index (χ1n) is 9.37. The van der Waals surface area contributed by atoms with Crippen molar-refractivity contribution in [1.82, 2.24) is 4.98 Å². The fourth-order valence-electron chi connectivity index (χ4n) is 3.84. The third kappa shape index (κ3) is 3.37. The first kappa shape index (κ1) is 18.1. The second-order valence-electron chi connectivity index (χ2n) is 6.83. The molecule has 1 aromatic carbocycles. The Hall–Kier alpha value is -2.24. The lowest BCUT2D eigenvalue weighted by atomic mass is 9.90. The molecule has 0 bridgehead atoms. The van der Waals surface area contributed by atoms with E-state index in [0.29, 0.717) is 12.2 Å². The molecular formula is C22H23NO3S. The summed E-state index contributed by atoms with van der Waals surface area (Å²) in [5.41, 5.74) is 4.69. The van der Waals surface area contributed by atoms with Crippen molar-refractivity contribution in [3.63, 3.8) is 0 Å². The monoisotopic (exact) mass is 381 g/mol. The van der Waals surface area contributed by atoms with E-state index in [0.717, 1.165) is 39.9 Å². The van der Waals surface area contributed by atoms with Crippen molar-refractivity contribution >= 4 is 27.5 Å². The van der Waals surface area contributed by atoms with Crippen LogP contribution in [0.4, 0.5) is 0 Å². The zero-order chi connectivity index (χ0) is 18.8. The van der Waals surface area contributed by atoms with Gasteiger partial charge in [-0.05, 0) is 43.7 Å². The van der Waals surface area contributed by atoms with E-state index in [-0.39, 0.29) is 12.6 Å². The number of esters is 1. The Morgan fingerprint density at radius 1 is 1.15 bits per heavy atom. The van der Waals surface area contributed by atoms with Crippen LogP contribution in [0.2, 0.25) is 0 Å². The number of ether oxygens (including phenoxy) is 2. The van der Waals surface area contributed by atoms with E-state index in [9.17, 15) is 4.79 Å². The Morgan fingerprint density at radius 2 is 1.93 bits per heavy atom. The van der Waals surface area contributed by atoms with Gasteiger partial charge < -0.3 is 9.47 Å². The summed E-state index contributed by atoms with van der Waals surface area (Å²) < 4.78 is 10.5. The molecule has 140 valence electrons. The molecule has 5 heteroatoms. The fraction of sp³-hybridized carbons (Fsp3) is 0.364. The lowest BCUT2D eigenvalue weighted by Gasteiger charge is -2.16. The molecule has 2 heterocycles. The summed E-state index contributed by atoms with van der Waals surface area (Å²) in [6, 6.07) is 10.1. The van der Waals surface area contributed by atoms with E-state index >= 15 is 0 Å². The molecule has 0 N–H and O–H groups in total. The summed E-state index contributed by atoms with van der Waals surface area (Å²) in [5, 5.41) is 1.14. The number of benzene rings is 1. The molecule has 4 rings (SSSR count). The fourth-order valence-corrected chi connectivity index (χ4v) is 5.15. The minimum absolute atomic E-state index is 0.239. The third-order valence-electron chi connectivity index (χ3n) is 5.07. The summed E-state index contributed by atoms with van der Waals surface area (Å²) >= 11 is 1.78. The maximum absolute atomic E-state index is 13.0. The number of carbonyl (C=O) groups excluding carboxylic acids is 1. The van der Waals surface area contributed by atoms with Crippen LogP contribution in [0.15, 0.2) is 30.3 Å². The highest BCUT2D eigenvalue weighted by Crippen LogP contribution is 2.43. The van der Waals surface area contributed by atoms with Crippen molar-refractivity contribution in [2.45, 2.75) is 32.6 Å². The number of carbonyl (C=O) groups is 1. The van der Waals surface area contributed by atoms with Crippen LogP contribution in [0.5, 0.6) is 0 Å². The molecule has 0 unspecified atom stereocenters. The minimum atomic E-state index is -0.325. The van der Waals surface area contributed by atoms with Crippen molar-refractivity contribution in [2.24, 2.45) is 0 Å². The van der Waals surface area contributed by atoms with Crippen LogP contribution in [0.3, 0.4) is 0 Å². The number of aromatic nitrogens is 1. The van der Waals surface area contributed by atoms with E-state index in [1.807, 2.05) is 25.1 Å². The van der Waals surface area contributed by atoms with E-state index in [1.54, 1.807) is 18.4 Å². The van der Waals surface area contributed by atoms with Gasteiger partial charge in [0.15, 0.2) is 0 Å². The van der Waals surface area contributed by atoms with Crippen LogP contribution >= 0.6 is 11.3 Å². The SMILES string of the molecule is COCCOC(=O)c1c(C)nc2sc3c(c2c1-c1ccccc1)CCCC3. The van der Waals surface area contributed by atoms with Gasteiger partial charge in [-0.15, -0.1) is 11.3 Å². The number of thiophene rings is 1. The Kier molecular flexibility index (Phi) is 5.23. The lowest BCUT2D eigenvalue weighted by molar-refractivity contribution is 0.0388. The van der Waals surface area contributed by atoms with Gasteiger partial charge >= 0.3 is 5.97 Å². The molecule has 0 amide bonds. The summed E-state index contributed by atoms with van der Waals surface area (Å²) in [7, 11) is 1.60. The third-order valence-corrected chi connectivity index (χ3v) is 6.26. The average molecular weight is 381 g/mol. The maximum Gasteiger partial charge on any atom is 0.340 e. The zero-order valence-electron chi connectivity index (χ0n) is 15.7. The normalized spacial score (nSPS) is 13.6. The van der Waals surface area contributed by atoms with Gasteiger partial charge in [-0.1, -0.05) is 30.3 Å². The van der Waals surface area contributed by atoms with Gasteiger partial charge in [0.2, 0.25) is 0 Å². The van der Waals surface area contributed by atoms with Crippen LogP contribution in [0.25, 0.3) is 21.3 Å². The van der Waals surface area contributed by atoms with Crippen LogP contribution in [-0.2, 0) is 22.3 Å². The number of methoxy groups -OCH3 is 1. The second kappa shape index (κ2) is 7.79. The number of pyridine rings is 1. The predicted octanol–water partition coefficient (Wildman–Crippen LogP) is 4.95. The van der Waals surface area contributed by atoms with Gasteiger partial charge in [0.05, 0.1) is 17.9 Å². The van der Waals surface area contributed by atoms with Crippen LogP contribution in [-0.4, -0.2) is 31.3 Å². The summed E-state index contributed by atoms with van der Waals surface area (Å²) in [6.45, 7) is 2.52. The van der Waals surface area contributed by atoms with Crippen molar-refractivity contribution in [3.05, 3.63) is 52.0 Å². The van der Waals surface area contributed by atoms with Crippen molar-refractivity contribution < 1.29 is 14.3 Å². The summed E-state index contributed by atoms with van der Waals surface area (Å²) in [5.74, 6) is -0.325. The van der Waals surface area contributed by atoms with E-state index in [4.69, 9.17) is 14.5 Å². The standard InChI is InChI=1S/C22H23NO3S/c1-14-18(22(24)26-13-12-25-2)19(15-8-4-3-5-9-15)20-16-10-6-7-11-17(16)27-21(20)23-14/h3-5,8-9H,6-7,10-13H2,1-2H3. The van der Waals surface area contributed by atoms with Crippen molar-refractivity contribution in [2.75, 3.05) is 20.3 Å². The van der Waals surface area contributed by atoms with Gasteiger partial charge in [-0.25, -0.2) is 9.78 Å². The average Bonchev–Trinajstić information content (AvgIpc) is 3.05. The Morgan fingerprint density at radius 3 is 2.70 bits per heavy atom. The number of hydrogen-bond donors (Lipinski definition) is 0. The Bertz CT molecular complexity index is 978. The molecule has 0 radical (unpaired) electrons. The lowest BCUT2D eigenvalue weighted by Crippen LogP contribution is -2.14. The van der Waals surface area contributed by atoms with Gasteiger partial charge in [-0.2, -0.15) is 0 Å².